The van der Waals surface area contributed by atoms with Crippen molar-refractivity contribution in [3.63, 3.8) is 0 Å². The third kappa shape index (κ3) is 2.30. The summed E-state index contributed by atoms with van der Waals surface area (Å²) in [5.74, 6) is 0. The van der Waals surface area contributed by atoms with Crippen molar-refractivity contribution in [1.29, 1.82) is 0 Å². The maximum Gasteiger partial charge on any atom is 0.0340 e. The van der Waals surface area contributed by atoms with E-state index in [1.807, 2.05) is 36.5 Å². The van der Waals surface area contributed by atoms with Gasteiger partial charge in [0.1, 0.15) is 0 Å². The Kier molecular flexibility index (Phi) is 2.72. The van der Waals surface area contributed by atoms with E-state index >= 15 is 0 Å². The molecular weight excluding hydrogens is 170 g/mol. The predicted octanol–water partition coefficient (Wildman–Crippen LogP) is 3.25. The summed E-state index contributed by atoms with van der Waals surface area (Å²) in [5.41, 5.74) is 2.33. The first-order valence-corrected chi connectivity index (χ1v) is 4.58. The Morgan fingerprint density at radius 3 is 2.21 bits per heavy atom. The second-order valence-electron chi connectivity index (χ2n) is 3.03. The van der Waals surface area contributed by atoms with Crippen molar-refractivity contribution in [3.8, 4) is 0 Å². The molecule has 2 rings (SSSR count). The summed E-state index contributed by atoms with van der Waals surface area (Å²) in [5, 5.41) is 0. The first-order valence-electron chi connectivity index (χ1n) is 4.58. The van der Waals surface area contributed by atoms with E-state index in [-0.39, 0.29) is 0 Å². The maximum absolute atomic E-state index is 4.05. The lowest BCUT2D eigenvalue weighted by Crippen LogP contribution is -1.73. The summed E-state index contributed by atoms with van der Waals surface area (Å²) in [6, 6.07) is 14.2. The van der Waals surface area contributed by atoms with Crippen LogP contribution in [0.15, 0.2) is 54.9 Å². The zero-order chi connectivity index (χ0) is 9.64. The maximum atomic E-state index is 4.05. The lowest BCUT2D eigenvalue weighted by Gasteiger charge is -1.92. The fourth-order valence-corrected chi connectivity index (χ4v) is 1.23. The Bertz CT molecular complexity index is 362. The van der Waals surface area contributed by atoms with Gasteiger partial charge in [-0.3, -0.25) is 4.98 Å². The van der Waals surface area contributed by atoms with Gasteiger partial charge in [-0.05, 0) is 17.2 Å². The highest BCUT2D eigenvalue weighted by molar-refractivity contribution is 5.68. The smallest absolute Gasteiger partial charge is 0.0340 e. The summed E-state index contributed by atoms with van der Waals surface area (Å²) in [7, 11) is 0. The van der Waals surface area contributed by atoms with E-state index in [1.54, 1.807) is 6.20 Å². The number of aromatic nitrogens is 1. The van der Waals surface area contributed by atoms with E-state index in [9.17, 15) is 0 Å². The van der Waals surface area contributed by atoms with Gasteiger partial charge >= 0.3 is 0 Å². The van der Waals surface area contributed by atoms with E-state index in [2.05, 4.69) is 29.3 Å². The van der Waals surface area contributed by atoms with E-state index in [4.69, 9.17) is 0 Å². The van der Waals surface area contributed by atoms with Gasteiger partial charge in [-0.2, -0.15) is 0 Å². The molecule has 0 radical (unpaired) electrons. The van der Waals surface area contributed by atoms with Gasteiger partial charge in [0.15, 0.2) is 0 Å². The normalized spacial score (nSPS) is 10.6. The molecule has 1 nitrogen and oxygen atoms in total. The minimum atomic E-state index is 1.12. The second kappa shape index (κ2) is 4.38. The third-order valence-corrected chi connectivity index (χ3v) is 1.95. The highest BCUT2D eigenvalue weighted by Gasteiger charge is 1.85. The van der Waals surface area contributed by atoms with Crippen LogP contribution in [-0.4, -0.2) is 4.98 Å². The molecule has 1 heteroatoms. The van der Waals surface area contributed by atoms with Crippen LogP contribution in [0.3, 0.4) is 0 Å². The van der Waals surface area contributed by atoms with E-state index in [1.165, 1.54) is 5.56 Å². The molecule has 0 atom stereocenters. The van der Waals surface area contributed by atoms with Crippen LogP contribution in [0.2, 0.25) is 0 Å². The van der Waals surface area contributed by atoms with Gasteiger partial charge in [-0.25, -0.2) is 0 Å². The number of benzene rings is 1. The lowest BCUT2D eigenvalue weighted by atomic mass is 10.2. The fourth-order valence-electron chi connectivity index (χ4n) is 1.23. The Labute approximate surface area is 83.7 Å². The van der Waals surface area contributed by atoms with Crippen LogP contribution in [0.5, 0.6) is 0 Å². The van der Waals surface area contributed by atoms with E-state index in [0.717, 1.165) is 5.56 Å². The number of pyridine rings is 1. The lowest BCUT2D eigenvalue weighted by molar-refractivity contribution is 1.32. The first kappa shape index (κ1) is 8.70. The first-order chi connectivity index (χ1) is 6.95. The zero-order valence-corrected chi connectivity index (χ0v) is 7.80. The van der Waals surface area contributed by atoms with Gasteiger partial charge in [-0.1, -0.05) is 48.6 Å². The van der Waals surface area contributed by atoms with Crippen molar-refractivity contribution < 1.29 is 0 Å². The molecule has 1 aromatic heterocycles. The quantitative estimate of drug-likeness (QED) is 0.693. The second-order valence-corrected chi connectivity index (χ2v) is 3.03. The van der Waals surface area contributed by atoms with Crippen molar-refractivity contribution in [3.05, 3.63) is 66.0 Å². The molecule has 14 heavy (non-hydrogen) atoms. The Morgan fingerprint density at radius 1 is 0.786 bits per heavy atom. The molecule has 0 bridgehead atoms. The van der Waals surface area contributed by atoms with Crippen molar-refractivity contribution >= 4 is 12.2 Å². The molecule has 0 saturated heterocycles. The van der Waals surface area contributed by atoms with Crippen molar-refractivity contribution in [2.75, 3.05) is 0 Å². The molecule has 68 valence electrons. The minimum Gasteiger partial charge on any atom is -0.264 e. The molecule has 0 aliphatic carbocycles. The van der Waals surface area contributed by atoms with Crippen LogP contribution in [0.1, 0.15) is 11.1 Å². The van der Waals surface area contributed by atoms with Gasteiger partial charge < -0.3 is 0 Å². The van der Waals surface area contributed by atoms with Gasteiger partial charge in [0.25, 0.3) is 0 Å². The summed E-state index contributed by atoms with van der Waals surface area (Å²) >= 11 is 0. The zero-order valence-electron chi connectivity index (χ0n) is 7.80. The van der Waals surface area contributed by atoms with Crippen LogP contribution in [-0.2, 0) is 0 Å². The Morgan fingerprint density at radius 2 is 1.50 bits per heavy atom. The Balaban J connectivity index is 2.16. The molecule has 0 spiro atoms. The monoisotopic (exact) mass is 181 g/mol. The third-order valence-electron chi connectivity index (χ3n) is 1.95. The summed E-state index contributed by atoms with van der Waals surface area (Å²) < 4.78 is 0. The topological polar surface area (TPSA) is 12.9 Å². The highest BCUT2D eigenvalue weighted by Crippen LogP contribution is 2.05. The average Bonchev–Trinajstić information content (AvgIpc) is 2.29. The number of rotatable bonds is 2. The SMILES string of the molecule is C(=C\c1cccnc1)/c1ccccc1. The molecule has 0 aliphatic rings. The summed E-state index contributed by atoms with van der Waals surface area (Å²) in [4.78, 5) is 4.05. The van der Waals surface area contributed by atoms with Gasteiger partial charge in [0.2, 0.25) is 0 Å². The summed E-state index contributed by atoms with van der Waals surface area (Å²) in [6.07, 6.45) is 7.76. The number of nitrogens with zero attached hydrogens (tertiary/aromatic N) is 1. The molecule has 0 fully saturated rings. The van der Waals surface area contributed by atoms with Crippen LogP contribution in [0.25, 0.3) is 12.2 Å². The van der Waals surface area contributed by atoms with Gasteiger partial charge in [0, 0.05) is 12.4 Å². The van der Waals surface area contributed by atoms with Crippen LogP contribution in [0.4, 0.5) is 0 Å². The van der Waals surface area contributed by atoms with Crippen LogP contribution in [0, 0.1) is 0 Å². The van der Waals surface area contributed by atoms with Crippen molar-refractivity contribution in [2.24, 2.45) is 0 Å². The molecular formula is C13H11N. The predicted molar refractivity (Wildman–Crippen MR) is 59.6 cm³/mol. The van der Waals surface area contributed by atoms with Gasteiger partial charge in [0.05, 0.1) is 0 Å². The highest BCUT2D eigenvalue weighted by atomic mass is 14.6. The molecule has 2 aromatic rings. The van der Waals surface area contributed by atoms with E-state index < -0.39 is 0 Å². The molecule has 1 heterocycles. The summed E-state index contributed by atoms with van der Waals surface area (Å²) in [6.45, 7) is 0. The van der Waals surface area contributed by atoms with Gasteiger partial charge in [-0.15, -0.1) is 0 Å². The molecule has 0 amide bonds. The molecule has 1 aromatic carbocycles. The number of hydrogen-bond donors (Lipinski definition) is 0. The standard InChI is InChI=1S/C13H11N/c1-2-5-12(6-3-1)8-9-13-7-4-10-14-11-13/h1-11H/b9-8+. The molecule has 0 saturated carbocycles. The van der Waals surface area contributed by atoms with Crippen molar-refractivity contribution in [1.82, 2.24) is 4.98 Å². The molecule has 0 unspecified atom stereocenters. The fraction of sp³-hybridized carbons (Fsp3) is 0. The van der Waals surface area contributed by atoms with E-state index in [0.29, 0.717) is 0 Å². The van der Waals surface area contributed by atoms with Crippen molar-refractivity contribution in [2.45, 2.75) is 0 Å². The molecule has 0 aliphatic heterocycles. The Hall–Kier alpha value is -1.89. The number of hydrogen-bond acceptors (Lipinski definition) is 1. The van der Waals surface area contributed by atoms with Crippen LogP contribution < -0.4 is 0 Å². The minimum absolute atomic E-state index is 1.12. The largest absolute Gasteiger partial charge is 0.264 e. The molecule has 0 N–H and O–H groups in total. The average molecular weight is 181 g/mol. The van der Waals surface area contributed by atoms with Crippen LogP contribution >= 0.6 is 0 Å².